The molecule has 1 saturated heterocycles. The average Bonchev–Trinajstić information content (AvgIpc) is 3.01. The number of esters is 1. The van der Waals surface area contributed by atoms with Gasteiger partial charge < -0.3 is 45.0 Å². The van der Waals surface area contributed by atoms with E-state index >= 15 is 0 Å². The Labute approximate surface area is 287 Å². The van der Waals surface area contributed by atoms with Gasteiger partial charge in [-0.15, -0.1) is 0 Å². The number of ether oxygens (including phenoxy) is 2. The standard InChI is InChI=1S/C34H66NO12P/c1-3-5-7-9-11-13-15-17-19-21-26(37)23-29(39)35-31-33(32(47-48(42,43)44)28(25-36)45-34(31)41)46-30(40)24-27(38)22-20-18-16-14-12-10-8-6-4-2/h26-28,31-34,36-38,41H,3-25H2,1-2H3,(H,35,39)(H2,42,43,44)/t26-,27-,28-,31-,32-,33-,34-/m1/s1. The van der Waals surface area contributed by atoms with Crippen molar-refractivity contribution in [1.29, 1.82) is 0 Å². The number of hydrogen-bond donors (Lipinski definition) is 7. The summed E-state index contributed by atoms with van der Waals surface area (Å²) in [6.07, 6.45) is 10.9. The van der Waals surface area contributed by atoms with Gasteiger partial charge in [0.2, 0.25) is 5.91 Å². The molecule has 284 valence electrons. The lowest BCUT2D eigenvalue weighted by atomic mass is 9.96. The van der Waals surface area contributed by atoms with Crippen LogP contribution in [0.15, 0.2) is 0 Å². The molecule has 0 aromatic carbocycles. The van der Waals surface area contributed by atoms with Gasteiger partial charge >= 0.3 is 13.8 Å². The zero-order chi connectivity index (χ0) is 35.8. The van der Waals surface area contributed by atoms with Crippen LogP contribution >= 0.6 is 7.82 Å². The molecule has 1 aliphatic rings. The summed E-state index contributed by atoms with van der Waals surface area (Å²) in [5.41, 5.74) is 0. The second kappa shape index (κ2) is 26.6. The Morgan fingerprint density at radius 2 is 1.17 bits per heavy atom. The maximum absolute atomic E-state index is 12.9. The Bertz CT molecular complexity index is 890. The molecule has 0 aromatic heterocycles. The Morgan fingerprint density at radius 1 is 0.729 bits per heavy atom. The molecule has 0 aliphatic carbocycles. The highest BCUT2D eigenvalue weighted by Gasteiger charge is 2.51. The lowest BCUT2D eigenvalue weighted by Crippen LogP contribution is -2.65. The molecule has 0 radical (unpaired) electrons. The van der Waals surface area contributed by atoms with E-state index in [4.69, 9.17) is 14.0 Å². The number of aliphatic hydroxyl groups is 4. The van der Waals surface area contributed by atoms with Crippen molar-refractivity contribution in [2.24, 2.45) is 0 Å². The maximum atomic E-state index is 12.9. The van der Waals surface area contributed by atoms with Gasteiger partial charge in [0.15, 0.2) is 12.4 Å². The zero-order valence-corrected chi connectivity index (χ0v) is 30.3. The Hall–Kier alpha value is -1.15. The third-order valence-electron chi connectivity index (χ3n) is 8.80. The van der Waals surface area contributed by atoms with E-state index in [9.17, 15) is 44.4 Å². The lowest BCUT2D eigenvalue weighted by molar-refractivity contribution is -0.256. The molecule has 13 nitrogen and oxygen atoms in total. The van der Waals surface area contributed by atoms with Crippen LogP contribution in [0, 0.1) is 0 Å². The molecule has 0 aromatic rings. The highest BCUT2D eigenvalue weighted by molar-refractivity contribution is 7.46. The number of phosphoric acid groups is 1. The molecule has 7 atom stereocenters. The van der Waals surface area contributed by atoms with Crippen LogP contribution < -0.4 is 5.32 Å². The third-order valence-corrected chi connectivity index (χ3v) is 9.32. The molecule has 1 rings (SSSR count). The van der Waals surface area contributed by atoms with E-state index in [2.05, 4.69) is 19.2 Å². The van der Waals surface area contributed by atoms with Gasteiger partial charge in [-0.25, -0.2) is 4.57 Å². The summed E-state index contributed by atoms with van der Waals surface area (Å²) in [4.78, 5) is 44.8. The van der Waals surface area contributed by atoms with E-state index in [0.29, 0.717) is 19.3 Å². The summed E-state index contributed by atoms with van der Waals surface area (Å²) >= 11 is 0. The largest absolute Gasteiger partial charge is 0.470 e. The van der Waals surface area contributed by atoms with Crippen LogP contribution in [0.1, 0.15) is 155 Å². The number of carbonyl (C=O) groups excluding carboxylic acids is 2. The van der Waals surface area contributed by atoms with Crippen LogP contribution in [0.3, 0.4) is 0 Å². The van der Waals surface area contributed by atoms with Crippen LogP contribution in [-0.2, 0) is 28.2 Å². The van der Waals surface area contributed by atoms with E-state index in [1.54, 1.807) is 0 Å². The number of hydrogen-bond acceptors (Lipinski definition) is 10. The Balaban J connectivity index is 2.70. The van der Waals surface area contributed by atoms with Crippen molar-refractivity contribution in [2.75, 3.05) is 6.61 Å². The van der Waals surface area contributed by atoms with Crippen molar-refractivity contribution in [3.05, 3.63) is 0 Å². The van der Waals surface area contributed by atoms with Gasteiger partial charge in [-0.2, -0.15) is 0 Å². The Kier molecular flexibility index (Phi) is 24.9. The fourth-order valence-electron chi connectivity index (χ4n) is 6.08. The van der Waals surface area contributed by atoms with Crippen molar-refractivity contribution in [1.82, 2.24) is 5.32 Å². The number of aliphatic hydroxyl groups excluding tert-OH is 4. The van der Waals surface area contributed by atoms with E-state index < -0.39 is 75.6 Å². The highest BCUT2D eigenvalue weighted by Crippen LogP contribution is 2.42. The first-order valence-corrected chi connectivity index (χ1v) is 20.0. The smallest absolute Gasteiger partial charge is 0.457 e. The topological polar surface area (TPSA) is 212 Å². The first-order chi connectivity index (χ1) is 22.9. The van der Waals surface area contributed by atoms with Gasteiger partial charge in [0, 0.05) is 0 Å². The van der Waals surface area contributed by atoms with Crippen molar-refractivity contribution in [3.8, 4) is 0 Å². The molecule has 1 amide bonds. The molecule has 48 heavy (non-hydrogen) atoms. The van der Waals surface area contributed by atoms with Gasteiger partial charge in [0.1, 0.15) is 18.2 Å². The van der Waals surface area contributed by atoms with Gasteiger partial charge in [0.05, 0.1) is 31.7 Å². The van der Waals surface area contributed by atoms with Crippen LogP contribution in [0.5, 0.6) is 0 Å². The van der Waals surface area contributed by atoms with Gasteiger partial charge in [-0.1, -0.05) is 129 Å². The minimum atomic E-state index is -5.22. The van der Waals surface area contributed by atoms with Gasteiger partial charge in [-0.3, -0.25) is 14.1 Å². The van der Waals surface area contributed by atoms with Gasteiger partial charge in [-0.05, 0) is 12.8 Å². The van der Waals surface area contributed by atoms with Crippen LogP contribution in [0.25, 0.3) is 0 Å². The number of nitrogens with one attached hydrogen (secondary N) is 1. The molecule has 1 heterocycles. The Morgan fingerprint density at radius 3 is 1.60 bits per heavy atom. The van der Waals surface area contributed by atoms with Crippen LogP contribution in [0.4, 0.5) is 0 Å². The number of amides is 1. The normalized spacial score (nSPS) is 22.7. The summed E-state index contributed by atoms with van der Waals surface area (Å²) in [6, 6.07) is -1.55. The first-order valence-electron chi connectivity index (χ1n) is 18.4. The summed E-state index contributed by atoms with van der Waals surface area (Å²) in [5, 5.41) is 43.8. The molecule has 14 heteroatoms. The molecule has 0 spiro atoms. The molecule has 0 bridgehead atoms. The summed E-state index contributed by atoms with van der Waals surface area (Å²) in [6.45, 7) is 3.51. The monoisotopic (exact) mass is 711 g/mol. The molecular formula is C34H66NO12P. The minimum Gasteiger partial charge on any atom is -0.457 e. The molecule has 1 aliphatic heterocycles. The molecule has 0 unspecified atom stereocenters. The molecule has 7 N–H and O–H groups in total. The molecule has 1 fully saturated rings. The predicted octanol–water partition coefficient (Wildman–Crippen LogP) is 4.91. The number of unbranched alkanes of at least 4 members (excludes halogenated alkanes) is 16. The van der Waals surface area contributed by atoms with Crippen LogP contribution in [0.2, 0.25) is 0 Å². The summed E-state index contributed by atoms with van der Waals surface area (Å²) in [5.74, 6) is -1.66. The lowest BCUT2D eigenvalue weighted by Gasteiger charge is -2.43. The van der Waals surface area contributed by atoms with Crippen molar-refractivity contribution < 1.29 is 58.4 Å². The van der Waals surface area contributed by atoms with Crippen LogP contribution in [-0.4, -0.2) is 91.5 Å². The fraction of sp³-hybridized carbons (Fsp3) is 0.941. The minimum absolute atomic E-state index is 0.328. The molecule has 0 saturated carbocycles. The second-order valence-corrected chi connectivity index (χ2v) is 14.5. The summed E-state index contributed by atoms with van der Waals surface area (Å²) in [7, 11) is -5.22. The maximum Gasteiger partial charge on any atom is 0.470 e. The molecular weight excluding hydrogens is 645 g/mol. The quantitative estimate of drug-likeness (QED) is 0.0313. The summed E-state index contributed by atoms with van der Waals surface area (Å²) < 4.78 is 27.3. The van der Waals surface area contributed by atoms with Crippen molar-refractivity contribution in [3.63, 3.8) is 0 Å². The highest BCUT2D eigenvalue weighted by atomic mass is 31.2. The fourth-order valence-corrected chi connectivity index (χ4v) is 6.66. The number of carbonyl (C=O) groups is 2. The number of phosphoric ester groups is 1. The zero-order valence-electron chi connectivity index (χ0n) is 29.4. The third kappa shape index (κ3) is 21.2. The average molecular weight is 712 g/mol. The van der Waals surface area contributed by atoms with E-state index in [1.807, 2.05) is 0 Å². The SMILES string of the molecule is CCCCCCCCCCC[C@@H](O)CC(=O)N[C@@H]1[C@@H](OC(=O)C[C@H](O)CCCCCCCCCCC)[C@H](OP(=O)(O)O)[C@@H](CO)O[C@H]1O. The van der Waals surface area contributed by atoms with E-state index in [0.717, 1.165) is 44.9 Å². The van der Waals surface area contributed by atoms with Crippen molar-refractivity contribution in [2.45, 2.75) is 198 Å². The second-order valence-electron chi connectivity index (χ2n) is 13.3. The van der Waals surface area contributed by atoms with E-state index in [-0.39, 0.29) is 6.42 Å². The van der Waals surface area contributed by atoms with Gasteiger partial charge in [0.25, 0.3) is 0 Å². The number of rotatable bonds is 29. The predicted molar refractivity (Wildman–Crippen MR) is 182 cm³/mol. The van der Waals surface area contributed by atoms with Crippen molar-refractivity contribution >= 4 is 19.7 Å². The first kappa shape index (κ1) is 44.9. The van der Waals surface area contributed by atoms with E-state index in [1.165, 1.54) is 64.2 Å².